The summed E-state index contributed by atoms with van der Waals surface area (Å²) in [5.74, 6) is 3.50. The van der Waals surface area contributed by atoms with Crippen LogP contribution in [0.25, 0.3) is 55.0 Å². The monoisotopic (exact) mass is 628 g/mol. The fraction of sp³-hybridized carbons (Fsp3) is 0.0455. The van der Waals surface area contributed by atoms with E-state index in [0.717, 1.165) is 50.9 Å². The third-order valence-electron chi connectivity index (χ3n) is 10.5. The first-order valence-corrected chi connectivity index (χ1v) is 16.9. The summed E-state index contributed by atoms with van der Waals surface area (Å²) in [5, 5.41) is 4.91. The maximum Gasteiger partial charge on any atom is 0.260 e. The van der Waals surface area contributed by atoms with Gasteiger partial charge < -0.3 is 18.6 Å². The summed E-state index contributed by atoms with van der Waals surface area (Å²) in [6.45, 7) is 4.28. The lowest BCUT2D eigenvalue weighted by Crippen LogP contribution is -2.57. The molecule has 2 aliphatic heterocycles. The first kappa shape index (κ1) is 26.8. The highest BCUT2D eigenvalue weighted by Crippen LogP contribution is 2.42. The van der Waals surface area contributed by atoms with E-state index in [9.17, 15) is 0 Å². The molecule has 0 aliphatic carbocycles. The Kier molecular flexibility index (Phi) is 5.30. The van der Waals surface area contributed by atoms with Crippen LogP contribution in [-0.2, 0) is 0 Å². The fourth-order valence-electron chi connectivity index (χ4n) is 8.39. The summed E-state index contributed by atoms with van der Waals surface area (Å²) < 4.78 is 18.4. The van der Waals surface area contributed by atoms with Crippen LogP contribution in [0.3, 0.4) is 0 Å². The van der Waals surface area contributed by atoms with Crippen LogP contribution in [0, 0.1) is 13.8 Å². The molecular weight excluding hydrogens is 599 g/mol. The van der Waals surface area contributed by atoms with Crippen LogP contribution in [-0.4, -0.2) is 15.8 Å². The molecule has 9 aromatic rings. The van der Waals surface area contributed by atoms with E-state index in [2.05, 4.69) is 163 Å². The number of hydrogen-bond acceptors (Lipinski definition) is 2. The minimum Gasteiger partial charge on any atom is -0.458 e. The van der Waals surface area contributed by atoms with E-state index in [-0.39, 0.29) is 6.71 Å². The van der Waals surface area contributed by atoms with Crippen molar-refractivity contribution in [3.05, 3.63) is 151 Å². The van der Waals surface area contributed by atoms with Crippen LogP contribution in [0.4, 0.5) is 0 Å². The average Bonchev–Trinajstić information content (AvgIpc) is 3.62. The van der Waals surface area contributed by atoms with E-state index >= 15 is 0 Å². The van der Waals surface area contributed by atoms with Gasteiger partial charge in [0.05, 0.1) is 27.8 Å². The number of aryl methyl sites for hydroxylation is 2. The predicted molar refractivity (Wildman–Crippen MR) is 202 cm³/mol. The molecule has 7 aromatic carbocycles. The van der Waals surface area contributed by atoms with Crippen LogP contribution < -0.4 is 25.9 Å². The van der Waals surface area contributed by atoms with Crippen molar-refractivity contribution in [1.82, 2.24) is 9.13 Å². The number of nitrogens with zero attached hydrogens (tertiary/aromatic N) is 2. The second kappa shape index (κ2) is 9.68. The summed E-state index contributed by atoms with van der Waals surface area (Å²) >= 11 is 0. The second-order valence-electron chi connectivity index (χ2n) is 13.5. The average molecular weight is 629 g/mol. The number of ether oxygens (including phenoxy) is 2. The number of fused-ring (bicyclic) bond motifs is 10. The molecule has 0 atom stereocenters. The fourth-order valence-corrected chi connectivity index (χ4v) is 8.39. The van der Waals surface area contributed by atoms with Crippen molar-refractivity contribution in [2.75, 3.05) is 0 Å². The van der Waals surface area contributed by atoms with E-state index in [4.69, 9.17) is 9.47 Å². The summed E-state index contributed by atoms with van der Waals surface area (Å²) in [5.41, 5.74) is 12.6. The highest BCUT2D eigenvalue weighted by molar-refractivity contribution is 6.98. The van der Waals surface area contributed by atoms with Crippen LogP contribution in [0.1, 0.15) is 11.1 Å². The second-order valence-corrected chi connectivity index (χ2v) is 13.5. The molecule has 11 rings (SSSR count). The standard InChI is InChI=1S/C44H29BN2O2/c1-26-16-18-34-40(20-26)48-42-22-29(23-43-44(42)45(34)35-19-17-27(2)21-41(35)49-43)47-37-15-9-7-13-31(37)33-24-32-30-12-6-8-14-36(30)46(38(32)25-39(33)47)28-10-4-3-5-11-28/h3-25H,1-2H3. The van der Waals surface area contributed by atoms with Crippen molar-refractivity contribution in [3.63, 3.8) is 0 Å². The first-order valence-electron chi connectivity index (χ1n) is 16.9. The number of aromatic nitrogens is 2. The molecule has 5 heteroatoms. The normalized spacial score (nSPS) is 13.0. The third-order valence-corrected chi connectivity index (χ3v) is 10.5. The quantitative estimate of drug-likeness (QED) is 0.179. The van der Waals surface area contributed by atoms with E-state index in [1.807, 2.05) is 0 Å². The van der Waals surface area contributed by atoms with Gasteiger partial charge >= 0.3 is 0 Å². The first-order chi connectivity index (χ1) is 24.1. The highest BCUT2D eigenvalue weighted by atomic mass is 16.5. The molecule has 0 saturated heterocycles. The molecule has 49 heavy (non-hydrogen) atoms. The number of benzene rings is 7. The van der Waals surface area contributed by atoms with E-state index in [1.165, 1.54) is 54.6 Å². The largest absolute Gasteiger partial charge is 0.458 e. The van der Waals surface area contributed by atoms with Gasteiger partial charge in [-0.05, 0) is 84.4 Å². The molecule has 2 aliphatic rings. The molecule has 0 fully saturated rings. The van der Waals surface area contributed by atoms with Crippen LogP contribution in [0.2, 0.25) is 0 Å². The molecule has 0 amide bonds. The van der Waals surface area contributed by atoms with Crippen LogP contribution >= 0.6 is 0 Å². The Morgan fingerprint density at radius 2 is 0.918 bits per heavy atom. The maximum atomic E-state index is 6.80. The van der Waals surface area contributed by atoms with E-state index in [0.29, 0.717) is 0 Å². The van der Waals surface area contributed by atoms with Gasteiger partial charge in [0.2, 0.25) is 0 Å². The number of para-hydroxylation sites is 3. The minimum absolute atomic E-state index is 0.0344. The van der Waals surface area contributed by atoms with Gasteiger partial charge in [0, 0.05) is 44.8 Å². The molecule has 0 radical (unpaired) electrons. The lowest BCUT2D eigenvalue weighted by molar-refractivity contribution is 0.464. The molecule has 0 unspecified atom stereocenters. The molecule has 0 saturated carbocycles. The van der Waals surface area contributed by atoms with E-state index in [1.54, 1.807) is 0 Å². The van der Waals surface area contributed by atoms with Gasteiger partial charge in [-0.2, -0.15) is 0 Å². The summed E-state index contributed by atoms with van der Waals surface area (Å²) in [7, 11) is 0. The smallest absolute Gasteiger partial charge is 0.260 e. The Balaban J connectivity index is 1.23. The Hall–Kier alpha value is -6.20. The van der Waals surface area contributed by atoms with Gasteiger partial charge in [-0.25, -0.2) is 0 Å². The molecule has 4 heterocycles. The van der Waals surface area contributed by atoms with Crippen molar-refractivity contribution in [2.45, 2.75) is 13.8 Å². The SMILES string of the molecule is Cc1ccc2c(c1)Oc1cc(-n3c4ccccc4c4cc5c6ccccc6n(-c6ccccc6)c5cc43)cc3c1B2c1ccc(C)cc1O3. The zero-order chi connectivity index (χ0) is 32.4. The van der Waals surface area contributed by atoms with Gasteiger partial charge in [0.25, 0.3) is 6.71 Å². The topological polar surface area (TPSA) is 28.3 Å². The number of hydrogen-bond donors (Lipinski definition) is 0. The molecular formula is C44H29BN2O2. The zero-order valence-electron chi connectivity index (χ0n) is 27.1. The zero-order valence-corrected chi connectivity index (χ0v) is 27.1. The Morgan fingerprint density at radius 1 is 0.408 bits per heavy atom. The lowest BCUT2D eigenvalue weighted by Gasteiger charge is -2.33. The summed E-state index contributed by atoms with van der Waals surface area (Å²) in [6.07, 6.45) is 0. The van der Waals surface area contributed by atoms with Gasteiger partial charge in [-0.1, -0.05) is 78.9 Å². The minimum atomic E-state index is 0.0344. The van der Waals surface area contributed by atoms with Gasteiger partial charge in [-0.3, -0.25) is 0 Å². The van der Waals surface area contributed by atoms with Crippen molar-refractivity contribution in [3.8, 4) is 34.4 Å². The molecule has 4 nitrogen and oxygen atoms in total. The molecule has 230 valence electrons. The van der Waals surface area contributed by atoms with Gasteiger partial charge in [0.1, 0.15) is 23.0 Å². The van der Waals surface area contributed by atoms with Gasteiger partial charge in [0.15, 0.2) is 0 Å². The summed E-state index contributed by atoms with van der Waals surface area (Å²) in [6, 6.07) is 50.4. The van der Waals surface area contributed by atoms with Crippen molar-refractivity contribution in [2.24, 2.45) is 0 Å². The van der Waals surface area contributed by atoms with Crippen molar-refractivity contribution in [1.29, 1.82) is 0 Å². The molecule has 0 spiro atoms. The Morgan fingerprint density at radius 3 is 1.49 bits per heavy atom. The van der Waals surface area contributed by atoms with Gasteiger partial charge in [-0.15, -0.1) is 0 Å². The lowest BCUT2D eigenvalue weighted by atomic mass is 9.35. The van der Waals surface area contributed by atoms with Crippen LogP contribution in [0.5, 0.6) is 23.0 Å². The van der Waals surface area contributed by atoms with Crippen LogP contribution in [0.15, 0.2) is 140 Å². The van der Waals surface area contributed by atoms with E-state index < -0.39 is 0 Å². The van der Waals surface area contributed by atoms with Crippen molar-refractivity contribution < 1.29 is 9.47 Å². The summed E-state index contributed by atoms with van der Waals surface area (Å²) in [4.78, 5) is 0. The Bertz CT molecular complexity index is 2790. The predicted octanol–water partition coefficient (Wildman–Crippen LogP) is 9.23. The highest BCUT2D eigenvalue weighted by Gasteiger charge is 2.40. The molecule has 0 bridgehead atoms. The number of rotatable bonds is 2. The molecule has 0 N–H and O–H groups in total. The maximum absolute atomic E-state index is 6.80. The third kappa shape index (κ3) is 3.70. The molecule has 2 aromatic heterocycles. The Labute approximate surface area is 283 Å². The van der Waals surface area contributed by atoms with Crippen molar-refractivity contribution >= 4 is 66.7 Å².